The average molecular weight is 425 g/mol. The van der Waals surface area contributed by atoms with Crippen LogP contribution in [0.15, 0.2) is 22.3 Å². The molecule has 1 heterocycles. The lowest BCUT2D eigenvalue weighted by Gasteiger charge is -2.13. The molecule has 1 saturated heterocycles. The quantitative estimate of drug-likeness (QED) is 0.683. The lowest BCUT2D eigenvalue weighted by Crippen LogP contribution is -2.28. The summed E-state index contributed by atoms with van der Waals surface area (Å²) in [5, 5.41) is 13.9. The third-order valence-corrected chi connectivity index (χ3v) is 5.73. The lowest BCUT2D eigenvalue weighted by molar-refractivity contribution is -0.122. The minimum Gasteiger partial charge on any atom is -0.495 e. The van der Waals surface area contributed by atoms with Crippen molar-refractivity contribution in [3.8, 4) is 11.5 Å². The maximum Gasteiger partial charge on any atom is 0.240 e. The van der Waals surface area contributed by atoms with Crippen LogP contribution in [0.25, 0.3) is 0 Å². The van der Waals surface area contributed by atoms with E-state index in [1.54, 1.807) is 12.1 Å². The summed E-state index contributed by atoms with van der Waals surface area (Å²) >= 11 is 7.27. The van der Waals surface area contributed by atoms with E-state index in [-0.39, 0.29) is 18.2 Å². The van der Waals surface area contributed by atoms with Crippen LogP contribution in [0.4, 0.5) is 5.69 Å². The van der Waals surface area contributed by atoms with E-state index in [0.29, 0.717) is 27.4 Å². The van der Waals surface area contributed by atoms with E-state index < -0.39 is 5.25 Å². The van der Waals surface area contributed by atoms with Crippen molar-refractivity contribution in [1.29, 1.82) is 0 Å². The molecule has 3 rings (SSSR count). The lowest BCUT2D eigenvalue weighted by atomic mass is 10.2. The number of benzene rings is 1. The van der Waals surface area contributed by atoms with Gasteiger partial charge in [-0.2, -0.15) is 5.10 Å². The van der Waals surface area contributed by atoms with Crippen molar-refractivity contribution in [2.75, 3.05) is 19.5 Å². The monoisotopic (exact) mass is 424 g/mol. The second kappa shape index (κ2) is 9.29. The molecule has 8 nitrogen and oxygen atoms in total. The van der Waals surface area contributed by atoms with Crippen LogP contribution in [-0.2, 0) is 9.59 Å². The summed E-state index contributed by atoms with van der Waals surface area (Å²) < 4.78 is 10.4. The molecule has 1 atom stereocenters. The summed E-state index contributed by atoms with van der Waals surface area (Å²) in [4.78, 5) is 24.6. The Bertz CT molecular complexity index is 835. The van der Waals surface area contributed by atoms with E-state index in [4.69, 9.17) is 21.1 Å². The first-order valence-corrected chi connectivity index (χ1v) is 10.1. The van der Waals surface area contributed by atoms with Crippen LogP contribution < -0.4 is 20.1 Å². The van der Waals surface area contributed by atoms with Gasteiger partial charge in [-0.05, 0) is 25.7 Å². The van der Waals surface area contributed by atoms with Crippen LogP contribution in [-0.4, -0.2) is 42.2 Å². The molecule has 150 valence electrons. The third-order valence-electron chi connectivity index (χ3n) is 4.36. The van der Waals surface area contributed by atoms with Crippen molar-refractivity contribution in [3.05, 3.63) is 17.2 Å². The molecule has 2 fully saturated rings. The predicted molar refractivity (Wildman–Crippen MR) is 111 cm³/mol. The van der Waals surface area contributed by atoms with Gasteiger partial charge >= 0.3 is 0 Å². The second-order valence-corrected chi connectivity index (χ2v) is 7.91. The fourth-order valence-corrected chi connectivity index (χ4v) is 4.06. The summed E-state index contributed by atoms with van der Waals surface area (Å²) in [6, 6.07) is 3.13. The van der Waals surface area contributed by atoms with Gasteiger partial charge in [0, 0.05) is 24.3 Å². The highest BCUT2D eigenvalue weighted by atomic mass is 35.5. The molecule has 1 aromatic rings. The number of amides is 2. The number of hydrogen-bond acceptors (Lipinski definition) is 7. The zero-order valence-corrected chi connectivity index (χ0v) is 17.2. The van der Waals surface area contributed by atoms with Gasteiger partial charge in [-0.15, -0.1) is 5.10 Å². The summed E-state index contributed by atoms with van der Waals surface area (Å²) in [6.07, 6.45) is 4.15. The van der Waals surface area contributed by atoms with Crippen molar-refractivity contribution in [2.24, 2.45) is 10.2 Å². The van der Waals surface area contributed by atoms with Crippen molar-refractivity contribution >= 4 is 51.7 Å². The van der Waals surface area contributed by atoms with E-state index in [9.17, 15) is 9.59 Å². The maximum atomic E-state index is 12.4. The zero-order valence-electron chi connectivity index (χ0n) is 15.6. The number of nitrogens with one attached hydrogen (secondary N) is 2. The van der Waals surface area contributed by atoms with Crippen LogP contribution in [0.3, 0.4) is 0 Å². The predicted octanol–water partition coefficient (Wildman–Crippen LogP) is 3.20. The molecule has 0 unspecified atom stereocenters. The number of nitrogens with zero attached hydrogens (tertiary/aromatic N) is 2. The minimum absolute atomic E-state index is 0.0137. The summed E-state index contributed by atoms with van der Waals surface area (Å²) in [7, 11) is 2.96. The fourth-order valence-electron chi connectivity index (χ4n) is 2.91. The van der Waals surface area contributed by atoms with Gasteiger partial charge in [0.2, 0.25) is 11.8 Å². The standard InChI is InChI=1S/C18H21ClN4O4S/c1-26-13-8-12(14(27-2)7-11(13)19)20-16(24)9-15-17(25)21-18(28-15)23-22-10-5-3-4-6-10/h7-8,15H,3-6,9H2,1-2H3,(H,20,24)(H,21,23,25)/t15-/m0/s1. The smallest absolute Gasteiger partial charge is 0.240 e. The molecular weight excluding hydrogens is 404 g/mol. The first kappa shape index (κ1) is 20.5. The van der Waals surface area contributed by atoms with Crippen LogP contribution >= 0.6 is 23.4 Å². The highest BCUT2D eigenvalue weighted by Gasteiger charge is 2.32. The van der Waals surface area contributed by atoms with Crippen molar-refractivity contribution in [2.45, 2.75) is 37.4 Å². The van der Waals surface area contributed by atoms with Gasteiger partial charge in [0.15, 0.2) is 5.17 Å². The number of rotatable bonds is 6. The van der Waals surface area contributed by atoms with Crippen LogP contribution in [0.5, 0.6) is 11.5 Å². The number of ether oxygens (including phenoxy) is 2. The van der Waals surface area contributed by atoms with Gasteiger partial charge in [0.25, 0.3) is 0 Å². The summed E-state index contributed by atoms with van der Waals surface area (Å²) in [5.41, 5.74) is 1.46. The van der Waals surface area contributed by atoms with E-state index >= 15 is 0 Å². The number of halogens is 1. The molecule has 1 aliphatic carbocycles. The Morgan fingerprint density at radius 3 is 2.64 bits per heavy atom. The summed E-state index contributed by atoms with van der Waals surface area (Å²) in [5.74, 6) is 0.216. The van der Waals surface area contributed by atoms with E-state index in [0.717, 1.165) is 31.4 Å². The number of carbonyl (C=O) groups is 2. The van der Waals surface area contributed by atoms with E-state index in [2.05, 4.69) is 20.8 Å². The second-order valence-electron chi connectivity index (χ2n) is 6.31. The van der Waals surface area contributed by atoms with Crippen LogP contribution in [0.2, 0.25) is 5.02 Å². The molecule has 0 bridgehead atoms. The fraction of sp³-hybridized carbons (Fsp3) is 0.444. The Morgan fingerprint density at radius 1 is 1.25 bits per heavy atom. The van der Waals surface area contributed by atoms with E-state index in [1.165, 1.54) is 26.0 Å². The molecule has 1 aliphatic heterocycles. The molecule has 1 aromatic carbocycles. The SMILES string of the molecule is COc1cc(NC(=O)C[C@@H]2S/C(=N/N=C3CCCC3)NC2=O)c(OC)cc1Cl. The van der Waals surface area contributed by atoms with Gasteiger partial charge in [-0.1, -0.05) is 23.4 Å². The van der Waals surface area contributed by atoms with Gasteiger partial charge < -0.3 is 20.1 Å². The Hall–Kier alpha value is -2.26. The number of methoxy groups -OCH3 is 2. The Morgan fingerprint density at radius 2 is 1.96 bits per heavy atom. The minimum atomic E-state index is -0.567. The number of amidine groups is 1. The van der Waals surface area contributed by atoms with Crippen molar-refractivity contribution in [3.63, 3.8) is 0 Å². The Labute approximate surface area is 172 Å². The number of carbonyl (C=O) groups excluding carboxylic acids is 2. The molecule has 0 radical (unpaired) electrons. The van der Waals surface area contributed by atoms with Crippen LogP contribution in [0, 0.1) is 0 Å². The molecule has 2 aliphatic rings. The molecule has 0 aromatic heterocycles. The Kier molecular flexibility index (Phi) is 6.79. The first-order valence-electron chi connectivity index (χ1n) is 8.82. The number of hydrogen-bond donors (Lipinski definition) is 2. The normalized spacial score (nSPS) is 20.2. The molecule has 10 heteroatoms. The third kappa shape index (κ3) is 4.96. The number of thioether (sulfide) groups is 1. The Balaban J connectivity index is 1.63. The highest BCUT2D eigenvalue weighted by molar-refractivity contribution is 8.15. The van der Waals surface area contributed by atoms with Crippen LogP contribution in [0.1, 0.15) is 32.1 Å². The molecule has 2 N–H and O–H groups in total. The van der Waals surface area contributed by atoms with Gasteiger partial charge in [0.1, 0.15) is 16.7 Å². The summed E-state index contributed by atoms with van der Waals surface area (Å²) in [6.45, 7) is 0. The van der Waals surface area contributed by atoms with Crippen molar-refractivity contribution in [1.82, 2.24) is 5.32 Å². The molecule has 2 amide bonds. The topological polar surface area (TPSA) is 101 Å². The van der Waals surface area contributed by atoms with E-state index in [1.807, 2.05) is 0 Å². The molecule has 0 spiro atoms. The highest BCUT2D eigenvalue weighted by Crippen LogP contribution is 2.36. The molecular formula is C18H21ClN4O4S. The van der Waals surface area contributed by atoms with Crippen molar-refractivity contribution < 1.29 is 19.1 Å². The largest absolute Gasteiger partial charge is 0.495 e. The van der Waals surface area contributed by atoms with Gasteiger partial charge in [-0.3, -0.25) is 9.59 Å². The molecule has 28 heavy (non-hydrogen) atoms. The maximum absolute atomic E-state index is 12.4. The first-order chi connectivity index (χ1) is 13.5. The average Bonchev–Trinajstić information content (AvgIpc) is 3.31. The molecule has 1 saturated carbocycles. The van der Waals surface area contributed by atoms with Gasteiger partial charge in [0.05, 0.1) is 24.9 Å². The number of anilines is 1. The van der Waals surface area contributed by atoms with Gasteiger partial charge in [-0.25, -0.2) is 0 Å². The zero-order chi connectivity index (χ0) is 20.1.